The zero-order valence-electron chi connectivity index (χ0n) is 18.6. The lowest BCUT2D eigenvalue weighted by Crippen LogP contribution is -2.22. The van der Waals surface area contributed by atoms with E-state index >= 15 is 0 Å². The Balaban J connectivity index is 1.63. The second-order valence-electron chi connectivity index (χ2n) is 7.85. The fourth-order valence-electron chi connectivity index (χ4n) is 3.15. The van der Waals surface area contributed by atoms with Gasteiger partial charge in [0.05, 0.1) is 18.3 Å². The summed E-state index contributed by atoms with van der Waals surface area (Å²) in [5, 5.41) is 13.7. The average Bonchev–Trinajstić information content (AvgIpc) is 2.76. The molecule has 2 N–H and O–H groups in total. The van der Waals surface area contributed by atoms with Gasteiger partial charge in [0, 0.05) is 26.3 Å². The molecule has 0 aliphatic rings. The van der Waals surface area contributed by atoms with Gasteiger partial charge in [0.15, 0.2) is 0 Å². The van der Waals surface area contributed by atoms with Crippen molar-refractivity contribution in [2.45, 2.75) is 45.1 Å². The minimum Gasteiger partial charge on any atom is -0.462 e. The van der Waals surface area contributed by atoms with Crippen LogP contribution in [0.4, 0.5) is 5.69 Å². The number of carbonyl (C=O) groups is 1. The molecule has 164 valence electrons. The van der Waals surface area contributed by atoms with E-state index in [0.717, 1.165) is 49.9 Å². The lowest BCUT2D eigenvalue weighted by molar-refractivity contribution is 0.0499. The minimum absolute atomic E-state index is 0.242. The normalized spacial score (nSPS) is 11.9. The van der Waals surface area contributed by atoms with Crippen molar-refractivity contribution in [2.24, 2.45) is 0 Å². The van der Waals surface area contributed by atoms with Crippen LogP contribution in [0.5, 0.6) is 0 Å². The zero-order valence-corrected chi connectivity index (χ0v) is 18.6. The second kappa shape index (κ2) is 13.0. The van der Waals surface area contributed by atoms with Crippen LogP contribution in [-0.2, 0) is 11.2 Å². The van der Waals surface area contributed by atoms with Gasteiger partial charge in [-0.05, 0) is 67.6 Å². The molecular weight excluding hydrogens is 376 g/mol. The molecule has 0 radical (unpaired) electrons. The molecule has 0 bridgehead atoms. The van der Waals surface area contributed by atoms with Crippen LogP contribution in [0.2, 0.25) is 0 Å². The Bertz CT molecular complexity index is 759. The van der Waals surface area contributed by atoms with Crippen molar-refractivity contribution in [2.75, 3.05) is 38.7 Å². The number of aliphatic hydroxyl groups is 1. The maximum absolute atomic E-state index is 11.9. The second-order valence-corrected chi connectivity index (χ2v) is 7.85. The van der Waals surface area contributed by atoms with Crippen molar-refractivity contribution in [3.8, 4) is 0 Å². The van der Waals surface area contributed by atoms with Gasteiger partial charge < -0.3 is 20.1 Å². The fraction of sp³-hybridized carbons (Fsp3) is 0.480. The Labute approximate surface area is 181 Å². The largest absolute Gasteiger partial charge is 0.462 e. The average molecular weight is 413 g/mol. The molecule has 0 fully saturated rings. The summed E-state index contributed by atoms with van der Waals surface area (Å²) in [5.74, 6) is -0.242. The summed E-state index contributed by atoms with van der Waals surface area (Å²) >= 11 is 0. The van der Waals surface area contributed by atoms with E-state index in [1.165, 1.54) is 5.56 Å². The molecule has 0 heterocycles. The molecule has 2 rings (SSSR count). The predicted octanol–water partition coefficient (Wildman–Crippen LogP) is 4.36. The van der Waals surface area contributed by atoms with Gasteiger partial charge in [-0.15, -0.1) is 0 Å². The third-order valence-corrected chi connectivity index (χ3v) is 5.10. The van der Waals surface area contributed by atoms with E-state index in [0.29, 0.717) is 18.7 Å². The van der Waals surface area contributed by atoms with E-state index < -0.39 is 6.10 Å². The molecule has 2 aromatic rings. The highest BCUT2D eigenvalue weighted by molar-refractivity contribution is 5.89. The molecule has 1 atom stereocenters. The SMILES string of the molecule is CCCCOC(=O)c1ccc(CCCCNCC(O)c2cccc(N(C)C)c2)cc1. The number of nitrogens with one attached hydrogen (secondary N) is 1. The molecule has 0 aliphatic carbocycles. The highest BCUT2D eigenvalue weighted by Gasteiger charge is 2.09. The summed E-state index contributed by atoms with van der Waals surface area (Å²) in [6.45, 7) is 3.97. The van der Waals surface area contributed by atoms with Crippen molar-refractivity contribution in [1.82, 2.24) is 5.32 Å². The Morgan fingerprint density at radius 3 is 2.57 bits per heavy atom. The summed E-state index contributed by atoms with van der Waals surface area (Å²) in [6.07, 6.45) is 4.47. The van der Waals surface area contributed by atoms with Crippen LogP contribution in [0.1, 0.15) is 60.2 Å². The molecule has 0 amide bonds. The molecule has 2 aromatic carbocycles. The number of anilines is 1. The van der Waals surface area contributed by atoms with Crippen molar-refractivity contribution in [1.29, 1.82) is 0 Å². The number of benzene rings is 2. The number of hydrogen-bond acceptors (Lipinski definition) is 5. The van der Waals surface area contributed by atoms with E-state index in [4.69, 9.17) is 4.74 Å². The number of unbranched alkanes of at least 4 members (excludes halogenated alkanes) is 2. The van der Waals surface area contributed by atoms with Gasteiger partial charge in [-0.25, -0.2) is 4.79 Å². The standard InChI is InChI=1S/C25H36N2O3/c1-4-5-17-30-25(29)21-14-12-20(13-15-21)9-6-7-16-26-19-24(28)22-10-8-11-23(18-22)27(2)3/h8,10-15,18,24,26,28H,4-7,9,16-17,19H2,1-3H3. The number of hydrogen-bond donors (Lipinski definition) is 2. The first-order valence-electron chi connectivity index (χ1n) is 10.9. The van der Waals surface area contributed by atoms with Gasteiger partial charge in [-0.3, -0.25) is 0 Å². The molecule has 0 saturated carbocycles. The van der Waals surface area contributed by atoms with E-state index in [1.807, 2.05) is 67.5 Å². The molecule has 5 heteroatoms. The molecule has 0 spiro atoms. The first kappa shape index (κ1) is 23.9. The lowest BCUT2D eigenvalue weighted by Gasteiger charge is -2.17. The van der Waals surface area contributed by atoms with Gasteiger partial charge in [-0.1, -0.05) is 37.6 Å². The lowest BCUT2D eigenvalue weighted by atomic mass is 10.1. The van der Waals surface area contributed by atoms with Gasteiger partial charge in [0.1, 0.15) is 0 Å². The van der Waals surface area contributed by atoms with Crippen LogP contribution in [0.25, 0.3) is 0 Å². The topological polar surface area (TPSA) is 61.8 Å². The maximum atomic E-state index is 11.9. The van der Waals surface area contributed by atoms with E-state index in [-0.39, 0.29) is 5.97 Å². The number of ether oxygens (including phenoxy) is 1. The molecular formula is C25H36N2O3. The summed E-state index contributed by atoms with van der Waals surface area (Å²) in [4.78, 5) is 14.0. The highest BCUT2D eigenvalue weighted by Crippen LogP contribution is 2.19. The molecule has 30 heavy (non-hydrogen) atoms. The quantitative estimate of drug-likeness (QED) is 0.378. The number of rotatable bonds is 13. The number of aliphatic hydroxyl groups excluding tert-OH is 1. The van der Waals surface area contributed by atoms with Crippen molar-refractivity contribution in [3.05, 3.63) is 65.2 Å². The molecule has 1 unspecified atom stereocenters. The van der Waals surface area contributed by atoms with Crippen LogP contribution < -0.4 is 10.2 Å². The third-order valence-electron chi connectivity index (χ3n) is 5.10. The van der Waals surface area contributed by atoms with E-state index in [2.05, 4.69) is 12.2 Å². The monoisotopic (exact) mass is 412 g/mol. The predicted molar refractivity (Wildman–Crippen MR) is 123 cm³/mol. The zero-order chi connectivity index (χ0) is 21.8. The molecule has 0 aromatic heterocycles. The number of esters is 1. The molecule has 0 saturated heterocycles. The van der Waals surface area contributed by atoms with Crippen LogP contribution >= 0.6 is 0 Å². The number of aryl methyl sites for hydroxylation is 1. The van der Waals surface area contributed by atoms with E-state index in [9.17, 15) is 9.90 Å². The summed E-state index contributed by atoms with van der Waals surface area (Å²) < 4.78 is 5.23. The molecule has 0 aliphatic heterocycles. The van der Waals surface area contributed by atoms with Crippen LogP contribution in [0, 0.1) is 0 Å². The Morgan fingerprint density at radius 2 is 1.87 bits per heavy atom. The van der Waals surface area contributed by atoms with Crippen molar-refractivity contribution in [3.63, 3.8) is 0 Å². The van der Waals surface area contributed by atoms with Gasteiger partial charge in [0.25, 0.3) is 0 Å². The van der Waals surface area contributed by atoms with Crippen LogP contribution in [0.15, 0.2) is 48.5 Å². The van der Waals surface area contributed by atoms with Crippen molar-refractivity contribution >= 4 is 11.7 Å². The Morgan fingerprint density at radius 1 is 1.10 bits per heavy atom. The smallest absolute Gasteiger partial charge is 0.338 e. The maximum Gasteiger partial charge on any atom is 0.338 e. The highest BCUT2D eigenvalue weighted by atomic mass is 16.5. The summed E-state index contributed by atoms with van der Waals surface area (Å²) in [7, 11) is 3.99. The summed E-state index contributed by atoms with van der Waals surface area (Å²) in [5.41, 5.74) is 3.86. The minimum atomic E-state index is -0.505. The van der Waals surface area contributed by atoms with Gasteiger partial charge in [0.2, 0.25) is 0 Å². The first-order chi connectivity index (χ1) is 14.5. The Kier molecular flexibility index (Phi) is 10.4. The Hall–Kier alpha value is -2.37. The van der Waals surface area contributed by atoms with Gasteiger partial charge in [-0.2, -0.15) is 0 Å². The first-order valence-corrected chi connectivity index (χ1v) is 10.9. The van der Waals surface area contributed by atoms with E-state index in [1.54, 1.807) is 0 Å². The van der Waals surface area contributed by atoms with Crippen molar-refractivity contribution < 1.29 is 14.6 Å². The van der Waals surface area contributed by atoms with Gasteiger partial charge >= 0.3 is 5.97 Å². The van der Waals surface area contributed by atoms with Crippen LogP contribution in [-0.4, -0.2) is 44.9 Å². The number of nitrogens with zero attached hydrogens (tertiary/aromatic N) is 1. The van der Waals surface area contributed by atoms with Crippen LogP contribution in [0.3, 0.4) is 0 Å². The molecule has 5 nitrogen and oxygen atoms in total. The fourth-order valence-corrected chi connectivity index (χ4v) is 3.15. The third kappa shape index (κ3) is 8.17. The summed E-state index contributed by atoms with van der Waals surface area (Å²) in [6, 6.07) is 15.7. The number of carbonyl (C=O) groups excluding carboxylic acids is 1.